The second-order valence-electron chi connectivity index (χ2n) is 7.56. The molecule has 10 nitrogen and oxygen atoms in total. The molecule has 3 aromatic rings. The Morgan fingerprint density at radius 3 is 2.53 bits per heavy atom. The van der Waals surface area contributed by atoms with Crippen LogP contribution in [0, 0.1) is 17.6 Å². The van der Waals surface area contributed by atoms with Crippen LogP contribution in [0.3, 0.4) is 0 Å². The minimum Gasteiger partial charge on any atom is -0.481 e. The Kier molecular flexibility index (Phi) is 6.87. The van der Waals surface area contributed by atoms with E-state index < -0.39 is 35.3 Å². The standard InChI is InChI=1S/C21H18ClF2N5O5/c22-14-7-11(3-6-15(14)23)27-21-29-28-19(34-21)17(30)26-12-8-16(24)18(25-9-12)33-13-4-1-10(2-5-13)20(31)32/h3,6-10,13H,1-2,4-5H2,(H,26,30)(H,27,29)(H,31,32). The number of anilines is 3. The molecule has 1 aromatic carbocycles. The van der Waals surface area contributed by atoms with Gasteiger partial charge in [0.1, 0.15) is 11.9 Å². The van der Waals surface area contributed by atoms with Crippen molar-refractivity contribution in [1.82, 2.24) is 15.2 Å². The molecular formula is C21H18ClF2N5O5. The summed E-state index contributed by atoms with van der Waals surface area (Å²) in [5.74, 6) is -4.10. The van der Waals surface area contributed by atoms with E-state index >= 15 is 0 Å². The number of halogens is 3. The predicted molar refractivity (Wildman–Crippen MR) is 115 cm³/mol. The zero-order valence-corrected chi connectivity index (χ0v) is 18.2. The molecule has 1 saturated carbocycles. The fraction of sp³-hybridized carbons (Fsp3) is 0.286. The highest BCUT2D eigenvalue weighted by molar-refractivity contribution is 6.31. The van der Waals surface area contributed by atoms with Crippen molar-refractivity contribution in [3.63, 3.8) is 0 Å². The van der Waals surface area contributed by atoms with Gasteiger partial charge in [-0.2, -0.15) is 0 Å². The summed E-state index contributed by atoms with van der Waals surface area (Å²) in [5.41, 5.74) is 0.391. The molecule has 178 valence electrons. The van der Waals surface area contributed by atoms with Gasteiger partial charge < -0.3 is 24.9 Å². The van der Waals surface area contributed by atoms with Gasteiger partial charge in [0.05, 0.1) is 22.8 Å². The average molecular weight is 494 g/mol. The molecule has 13 heteroatoms. The molecular weight excluding hydrogens is 476 g/mol. The number of aromatic nitrogens is 3. The first kappa shape index (κ1) is 23.4. The van der Waals surface area contributed by atoms with Gasteiger partial charge in [0.25, 0.3) is 5.88 Å². The lowest BCUT2D eigenvalue weighted by atomic mass is 9.87. The summed E-state index contributed by atoms with van der Waals surface area (Å²) in [6, 6.07) is 4.72. The Hall–Kier alpha value is -3.80. The molecule has 0 atom stereocenters. The number of pyridine rings is 1. The van der Waals surface area contributed by atoms with Crippen molar-refractivity contribution in [1.29, 1.82) is 0 Å². The highest BCUT2D eigenvalue weighted by Gasteiger charge is 2.28. The number of carbonyl (C=O) groups is 2. The van der Waals surface area contributed by atoms with Crippen LogP contribution in [-0.2, 0) is 4.79 Å². The third-order valence-electron chi connectivity index (χ3n) is 5.16. The first-order chi connectivity index (χ1) is 16.3. The molecule has 0 spiro atoms. The number of benzene rings is 1. The fourth-order valence-corrected chi connectivity index (χ4v) is 3.59. The predicted octanol–water partition coefficient (Wildman–Crippen LogP) is 4.41. The maximum Gasteiger partial charge on any atom is 0.320 e. The number of hydrogen-bond donors (Lipinski definition) is 3. The molecule has 4 rings (SSSR count). The Balaban J connectivity index is 1.34. The van der Waals surface area contributed by atoms with E-state index in [1.165, 1.54) is 18.3 Å². The number of carbonyl (C=O) groups excluding carboxylic acids is 1. The van der Waals surface area contributed by atoms with Gasteiger partial charge in [0.2, 0.25) is 0 Å². The van der Waals surface area contributed by atoms with Gasteiger partial charge in [0, 0.05) is 11.8 Å². The van der Waals surface area contributed by atoms with Crippen LogP contribution in [0.4, 0.5) is 26.2 Å². The van der Waals surface area contributed by atoms with E-state index in [1.54, 1.807) is 0 Å². The van der Waals surface area contributed by atoms with Gasteiger partial charge in [-0.15, -0.1) is 5.10 Å². The molecule has 2 heterocycles. The molecule has 0 radical (unpaired) electrons. The van der Waals surface area contributed by atoms with Crippen LogP contribution in [0.1, 0.15) is 36.4 Å². The number of nitrogens with zero attached hydrogens (tertiary/aromatic N) is 3. The SMILES string of the molecule is O=C(Nc1cnc(OC2CCC(C(=O)O)CC2)c(F)c1)c1nnc(Nc2ccc(F)c(Cl)c2)o1. The molecule has 3 N–H and O–H groups in total. The first-order valence-corrected chi connectivity index (χ1v) is 10.6. The van der Waals surface area contributed by atoms with Crippen molar-refractivity contribution in [2.24, 2.45) is 5.92 Å². The zero-order chi connectivity index (χ0) is 24.2. The average Bonchev–Trinajstić information content (AvgIpc) is 3.27. The number of carboxylic acids is 1. The molecule has 2 aromatic heterocycles. The smallest absolute Gasteiger partial charge is 0.320 e. The van der Waals surface area contributed by atoms with Crippen molar-refractivity contribution in [2.75, 3.05) is 10.6 Å². The van der Waals surface area contributed by atoms with Crippen LogP contribution >= 0.6 is 11.6 Å². The third-order valence-corrected chi connectivity index (χ3v) is 5.45. The van der Waals surface area contributed by atoms with Crippen LogP contribution in [0.5, 0.6) is 5.88 Å². The van der Waals surface area contributed by atoms with Gasteiger partial charge in [-0.3, -0.25) is 9.59 Å². The molecule has 0 unspecified atom stereocenters. The first-order valence-electron chi connectivity index (χ1n) is 10.2. The van der Waals surface area contributed by atoms with E-state index in [1.807, 2.05) is 0 Å². The monoisotopic (exact) mass is 493 g/mol. The van der Waals surface area contributed by atoms with Crippen LogP contribution in [0.15, 0.2) is 34.9 Å². The van der Waals surface area contributed by atoms with Crippen molar-refractivity contribution in [2.45, 2.75) is 31.8 Å². The van der Waals surface area contributed by atoms with Crippen molar-refractivity contribution < 1.29 is 32.6 Å². The van der Waals surface area contributed by atoms with Gasteiger partial charge in [-0.1, -0.05) is 16.7 Å². The normalized spacial score (nSPS) is 17.7. The van der Waals surface area contributed by atoms with Gasteiger partial charge >= 0.3 is 23.8 Å². The third kappa shape index (κ3) is 5.57. The second kappa shape index (κ2) is 10.00. The van der Waals surface area contributed by atoms with E-state index in [2.05, 4.69) is 25.8 Å². The van der Waals surface area contributed by atoms with Gasteiger partial charge in [-0.25, -0.2) is 13.8 Å². The number of nitrogens with one attached hydrogen (secondary N) is 2. The topological polar surface area (TPSA) is 139 Å². The summed E-state index contributed by atoms with van der Waals surface area (Å²) in [7, 11) is 0. The Morgan fingerprint density at radius 2 is 1.85 bits per heavy atom. The quantitative estimate of drug-likeness (QED) is 0.436. The highest BCUT2D eigenvalue weighted by Crippen LogP contribution is 2.29. The second-order valence-corrected chi connectivity index (χ2v) is 7.97. The number of amides is 1. The minimum absolute atomic E-state index is 0.0301. The van der Waals surface area contributed by atoms with Crippen LogP contribution in [0.2, 0.25) is 5.02 Å². The lowest BCUT2D eigenvalue weighted by Gasteiger charge is -2.26. The lowest BCUT2D eigenvalue weighted by Crippen LogP contribution is -2.28. The summed E-state index contributed by atoms with van der Waals surface area (Å²) < 4.78 is 38.5. The summed E-state index contributed by atoms with van der Waals surface area (Å²) in [6.45, 7) is 0. The van der Waals surface area contributed by atoms with Gasteiger partial charge in [-0.05, 0) is 43.9 Å². The Labute approximate surface area is 196 Å². The number of aliphatic carboxylic acids is 1. The van der Waals surface area contributed by atoms with Crippen LogP contribution < -0.4 is 15.4 Å². The largest absolute Gasteiger partial charge is 0.481 e. The fourth-order valence-electron chi connectivity index (χ4n) is 3.41. The molecule has 1 aliphatic carbocycles. The molecule has 0 aliphatic heterocycles. The zero-order valence-electron chi connectivity index (χ0n) is 17.4. The van der Waals surface area contributed by atoms with Crippen molar-refractivity contribution in [3.05, 3.63) is 53.0 Å². The van der Waals surface area contributed by atoms with E-state index in [4.69, 9.17) is 25.9 Å². The van der Waals surface area contributed by atoms with E-state index in [9.17, 15) is 18.4 Å². The van der Waals surface area contributed by atoms with Crippen molar-refractivity contribution in [3.8, 4) is 5.88 Å². The maximum atomic E-state index is 14.4. The highest BCUT2D eigenvalue weighted by atomic mass is 35.5. The molecule has 34 heavy (non-hydrogen) atoms. The van der Waals surface area contributed by atoms with Crippen LogP contribution in [0.25, 0.3) is 0 Å². The molecule has 1 fully saturated rings. The number of ether oxygens (including phenoxy) is 1. The van der Waals surface area contributed by atoms with Crippen LogP contribution in [-0.4, -0.2) is 38.3 Å². The van der Waals surface area contributed by atoms with Crippen molar-refractivity contribution >= 4 is 40.9 Å². The van der Waals surface area contributed by atoms with E-state index in [0.717, 1.165) is 12.1 Å². The number of carboxylic acid groups (broad SMARTS) is 1. The lowest BCUT2D eigenvalue weighted by molar-refractivity contribution is -0.143. The molecule has 0 bridgehead atoms. The summed E-state index contributed by atoms with van der Waals surface area (Å²) in [5, 5.41) is 21.3. The summed E-state index contributed by atoms with van der Waals surface area (Å²) in [4.78, 5) is 27.3. The Bertz CT molecular complexity index is 1220. The molecule has 1 aliphatic rings. The number of hydrogen-bond acceptors (Lipinski definition) is 8. The summed E-state index contributed by atoms with van der Waals surface area (Å²) >= 11 is 5.71. The van der Waals surface area contributed by atoms with Gasteiger partial charge in [0.15, 0.2) is 5.82 Å². The molecule has 0 saturated heterocycles. The number of rotatable bonds is 7. The minimum atomic E-state index is -0.841. The van der Waals surface area contributed by atoms with E-state index in [-0.39, 0.29) is 28.7 Å². The summed E-state index contributed by atoms with van der Waals surface area (Å²) in [6.07, 6.45) is 2.73. The van der Waals surface area contributed by atoms with E-state index in [0.29, 0.717) is 31.4 Å². The maximum absolute atomic E-state index is 14.4. The Morgan fingerprint density at radius 1 is 1.09 bits per heavy atom. The molecule has 1 amide bonds.